The lowest BCUT2D eigenvalue weighted by molar-refractivity contribution is 0.103. The summed E-state index contributed by atoms with van der Waals surface area (Å²) < 4.78 is 35.9. The number of carbonyl (C=O) groups excluding carboxylic acids is 1. The molecule has 142 valence electrons. The maximum Gasteiger partial charge on any atom is 0.220 e. The molecule has 0 bridgehead atoms. The Kier molecular flexibility index (Phi) is 6.04. The predicted molar refractivity (Wildman–Crippen MR) is 94.7 cm³/mol. The zero-order valence-electron chi connectivity index (χ0n) is 15.1. The van der Waals surface area contributed by atoms with Gasteiger partial charge in [-0.05, 0) is 26.0 Å². The number of hydrogen-bond donors (Lipinski definition) is 1. The second kappa shape index (κ2) is 7.88. The van der Waals surface area contributed by atoms with Crippen molar-refractivity contribution in [3.63, 3.8) is 0 Å². The van der Waals surface area contributed by atoms with Gasteiger partial charge in [0.2, 0.25) is 5.88 Å². The Balaban J connectivity index is 2.54. The van der Waals surface area contributed by atoms with Crippen molar-refractivity contribution in [3.05, 3.63) is 35.0 Å². The zero-order valence-corrected chi connectivity index (χ0v) is 16.0. The van der Waals surface area contributed by atoms with E-state index in [9.17, 15) is 18.3 Å². The number of benzene rings is 1. The minimum Gasteiger partial charge on any atom is -0.493 e. The van der Waals surface area contributed by atoms with Crippen molar-refractivity contribution in [2.75, 3.05) is 26.6 Å². The van der Waals surface area contributed by atoms with Crippen LogP contribution in [0.15, 0.2) is 23.2 Å². The molecule has 0 amide bonds. The normalized spacial score (nSPS) is 11.5. The van der Waals surface area contributed by atoms with E-state index in [1.165, 1.54) is 30.1 Å². The minimum atomic E-state index is -3.55. The molecule has 1 N–H and O–H groups in total. The van der Waals surface area contributed by atoms with Gasteiger partial charge in [0, 0.05) is 31.0 Å². The van der Waals surface area contributed by atoms with E-state index in [0.29, 0.717) is 12.1 Å². The lowest BCUT2D eigenvalue weighted by Crippen LogP contribution is -2.12. The molecule has 2 aromatic rings. The van der Waals surface area contributed by atoms with Crippen LogP contribution >= 0.6 is 0 Å². The lowest BCUT2D eigenvalue weighted by atomic mass is 10.00. The fourth-order valence-corrected chi connectivity index (χ4v) is 3.39. The summed E-state index contributed by atoms with van der Waals surface area (Å²) in [6, 6.07) is 2.75. The molecule has 1 aromatic carbocycles. The number of ketones is 1. The van der Waals surface area contributed by atoms with Crippen molar-refractivity contribution in [3.8, 4) is 11.6 Å². The molecule has 0 saturated heterocycles. The summed E-state index contributed by atoms with van der Waals surface area (Å²) in [4.78, 5) is 12.8. The van der Waals surface area contributed by atoms with Gasteiger partial charge in [0.25, 0.3) is 0 Å². The Bertz CT molecular complexity index is 918. The van der Waals surface area contributed by atoms with Crippen LogP contribution in [0.5, 0.6) is 11.6 Å². The quantitative estimate of drug-likeness (QED) is 0.545. The summed E-state index contributed by atoms with van der Waals surface area (Å²) in [7, 11) is -2.05. The number of ether oxygens (including phenoxy) is 2. The van der Waals surface area contributed by atoms with Gasteiger partial charge in [-0.3, -0.25) is 4.79 Å². The molecular formula is C17H22N2O6S. The highest BCUT2D eigenvalue weighted by Crippen LogP contribution is 2.32. The van der Waals surface area contributed by atoms with Gasteiger partial charge in [0.15, 0.2) is 15.6 Å². The van der Waals surface area contributed by atoms with Crippen LogP contribution in [-0.2, 0) is 21.1 Å². The maximum absolute atomic E-state index is 12.8. The van der Waals surface area contributed by atoms with E-state index < -0.39 is 15.6 Å². The highest BCUT2D eigenvalue weighted by atomic mass is 32.2. The molecule has 0 aliphatic rings. The van der Waals surface area contributed by atoms with E-state index in [1.54, 1.807) is 13.8 Å². The summed E-state index contributed by atoms with van der Waals surface area (Å²) in [5.41, 5.74) is 0.651. The van der Waals surface area contributed by atoms with Crippen LogP contribution < -0.4 is 4.74 Å². The van der Waals surface area contributed by atoms with Crippen molar-refractivity contribution in [1.29, 1.82) is 0 Å². The largest absolute Gasteiger partial charge is 0.493 e. The van der Waals surface area contributed by atoms with E-state index in [4.69, 9.17) is 9.47 Å². The average molecular weight is 382 g/mol. The molecule has 0 spiro atoms. The number of rotatable bonds is 8. The molecule has 0 atom stereocenters. The van der Waals surface area contributed by atoms with Crippen molar-refractivity contribution < 1.29 is 27.8 Å². The molecule has 8 nitrogen and oxygen atoms in total. The molecule has 2 rings (SSSR count). The second-order valence-corrected chi connectivity index (χ2v) is 7.69. The van der Waals surface area contributed by atoms with Crippen molar-refractivity contribution in [1.82, 2.24) is 9.78 Å². The third-order valence-electron chi connectivity index (χ3n) is 3.90. The van der Waals surface area contributed by atoms with Gasteiger partial charge in [-0.2, -0.15) is 5.10 Å². The first kappa shape index (κ1) is 19.9. The van der Waals surface area contributed by atoms with Crippen molar-refractivity contribution >= 4 is 15.6 Å². The second-order valence-electron chi connectivity index (χ2n) is 5.71. The molecule has 0 aliphatic carbocycles. The van der Waals surface area contributed by atoms with Gasteiger partial charge in [-0.1, -0.05) is 0 Å². The first-order valence-corrected chi connectivity index (χ1v) is 9.86. The Morgan fingerprint density at radius 3 is 2.50 bits per heavy atom. The number of hydrogen-bond acceptors (Lipinski definition) is 7. The third-order valence-corrected chi connectivity index (χ3v) is 5.02. The minimum absolute atomic E-state index is 0.00358. The Hall–Kier alpha value is -2.39. The molecule has 1 heterocycles. The van der Waals surface area contributed by atoms with Crippen LogP contribution in [0.4, 0.5) is 0 Å². The zero-order chi connectivity index (χ0) is 19.5. The van der Waals surface area contributed by atoms with Gasteiger partial charge < -0.3 is 14.6 Å². The van der Waals surface area contributed by atoms with E-state index in [1.807, 2.05) is 0 Å². The number of aromatic nitrogens is 2. The van der Waals surface area contributed by atoms with Gasteiger partial charge >= 0.3 is 0 Å². The molecule has 9 heteroatoms. The van der Waals surface area contributed by atoms with Gasteiger partial charge in [0.1, 0.15) is 22.8 Å². The van der Waals surface area contributed by atoms with Crippen LogP contribution in [-0.4, -0.2) is 55.7 Å². The number of aromatic hydroxyl groups is 1. The first-order chi connectivity index (χ1) is 12.2. The van der Waals surface area contributed by atoms with E-state index >= 15 is 0 Å². The van der Waals surface area contributed by atoms with Crippen LogP contribution in [0.2, 0.25) is 0 Å². The average Bonchev–Trinajstić information content (AvgIpc) is 2.95. The standard InChI is InChI=1S/C17H22N2O6S/c1-5-19-17(21)13(10-18-19)15(20)12-6-7-14(26(4,22)23)16(11(12)2)25-9-8-24-3/h6-7,10,21H,5,8-9H2,1-4H3. The molecule has 0 unspecified atom stereocenters. The Morgan fingerprint density at radius 2 is 1.96 bits per heavy atom. The van der Waals surface area contributed by atoms with Crippen LogP contribution in [0.25, 0.3) is 0 Å². The van der Waals surface area contributed by atoms with Crippen LogP contribution in [0, 0.1) is 6.92 Å². The highest BCUT2D eigenvalue weighted by molar-refractivity contribution is 7.90. The summed E-state index contributed by atoms with van der Waals surface area (Å²) in [5.74, 6) is -0.583. The summed E-state index contributed by atoms with van der Waals surface area (Å²) >= 11 is 0. The first-order valence-electron chi connectivity index (χ1n) is 7.97. The number of carbonyl (C=O) groups is 1. The topological polar surface area (TPSA) is 108 Å². The van der Waals surface area contributed by atoms with Crippen LogP contribution in [0.1, 0.15) is 28.4 Å². The van der Waals surface area contributed by atoms with Crippen LogP contribution in [0.3, 0.4) is 0 Å². The molecular weight excluding hydrogens is 360 g/mol. The summed E-state index contributed by atoms with van der Waals surface area (Å²) in [5, 5.41) is 14.1. The van der Waals surface area contributed by atoms with E-state index in [0.717, 1.165) is 6.26 Å². The number of sulfone groups is 1. The molecule has 0 fully saturated rings. The molecule has 1 aromatic heterocycles. The molecule has 0 radical (unpaired) electrons. The number of methoxy groups -OCH3 is 1. The Morgan fingerprint density at radius 1 is 1.27 bits per heavy atom. The molecule has 26 heavy (non-hydrogen) atoms. The summed E-state index contributed by atoms with van der Waals surface area (Å²) in [6.45, 7) is 4.21. The molecule has 0 saturated carbocycles. The van der Waals surface area contributed by atoms with Crippen molar-refractivity contribution in [2.24, 2.45) is 0 Å². The highest BCUT2D eigenvalue weighted by Gasteiger charge is 2.25. The van der Waals surface area contributed by atoms with Crippen molar-refractivity contribution in [2.45, 2.75) is 25.3 Å². The third kappa shape index (κ3) is 3.88. The van der Waals surface area contributed by atoms with E-state index in [-0.39, 0.29) is 40.9 Å². The van der Waals surface area contributed by atoms with Gasteiger partial charge in [-0.25, -0.2) is 13.1 Å². The van der Waals surface area contributed by atoms with Gasteiger partial charge in [-0.15, -0.1) is 0 Å². The number of nitrogens with zero attached hydrogens (tertiary/aromatic N) is 2. The predicted octanol–water partition coefficient (Wildman–Crippen LogP) is 1.58. The molecule has 0 aliphatic heterocycles. The monoisotopic (exact) mass is 382 g/mol. The Labute approximate surface area is 152 Å². The van der Waals surface area contributed by atoms with Gasteiger partial charge in [0.05, 0.1) is 12.8 Å². The lowest BCUT2D eigenvalue weighted by Gasteiger charge is -2.15. The van der Waals surface area contributed by atoms with E-state index in [2.05, 4.69) is 5.10 Å². The smallest absolute Gasteiger partial charge is 0.220 e. The maximum atomic E-state index is 12.8. The fourth-order valence-electron chi connectivity index (χ4n) is 2.53. The SMILES string of the molecule is CCn1ncc(C(=O)c2ccc(S(C)(=O)=O)c(OCCOC)c2C)c1O. The number of aryl methyl sites for hydroxylation is 1. The summed E-state index contributed by atoms with van der Waals surface area (Å²) in [6.07, 6.45) is 2.36. The fraction of sp³-hybridized carbons (Fsp3) is 0.412.